The highest BCUT2D eigenvalue weighted by molar-refractivity contribution is 7.91. The second-order valence-electron chi connectivity index (χ2n) is 4.21. The van der Waals surface area contributed by atoms with Crippen molar-refractivity contribution >= 4 is 21.5 Å². The fourth-order valence-corrected chi connectivity index (χ4v) is 2.76. The predicted molar refractivity (Wildman–Crippen MR) is 70.5 cm³/mol. The van der Waals surface area contributed by atoms with Crippen LogP contribution in [-0.4, -0.2) is 31.5 Å². The number of hydrogen-bond acceptors (Lipinski definition) is 5. The van der Waals surface area contributed by atoms with Gasteiger partial charge in [0.05, 0.1) is 0 Å². The maximum Gasteiger partial charge on any atom is 0.182 e. The summed E-state index contributed by atoms with van der Waals surface area (Å²) in [5, 5.41) is 6.27. The number of anilines is 2. The quantitative estimate of drug-likeness (QED) is 0.833. The van der Waals surface area contributed by atoms with Crippen LogP contribution in [-0.2, 0) is 9.84 Å². The summed E-state index contributed by atoms with van der Waals surface area (Å²) in [5.41, 5.74) is 5.15. The van der Waals surface area contributed by atoms with Gasteiger partial charge in [-0.15, -0.1) is 5.10 Å². The molecule has 114 valence electrons. The maximum absolute atomic E-state index is 13.7. The SMILES string of the molecule is CNc1nn(-c2cc(F)c(F)cc2F)c(N)c1S(C)(=O)=O. The highest BCUT2D eigenvalue weighted by atomic mass is 32.2. The van der Waals surface area contributed by atoms with Crippen molar-refractivity contribution in [2.75, 3.05) is 24.4 Å². The molecule has 3 N–H and O–H groups in total. The minimum Gasteiger partial charge on any atom is -0.382 e. The molecule has 0 saturated carbocycles. The molecule has 2 aromatic rings. The van der Waals surface area contributed by atoms with Crippen LogP contribution in [0.4, 0.5) is 24.8 Å². The number of rotatable bonds is 3. The first-order valence-electron chi connectivity index (χ1n) is 5.58. The number of sulfone groups is 1. The number of nitrogens with zero attached hydrogens (tertiary/aromatic N) is 2. The number of nitrogens with two attached hydrogens (primary N) is 1. The first-order valence-corrected chi connectivity index (χ1v) is 7.47. The molecule has 6 nitrogen and oxygen atoms in total. The molecule has 0 spiro atoms. The van der Waals surface area contributed by atoms with Crippen molar-refractivity contribution < 1.29 is 21.6 Å². The second kappa shape index (κ2) is 4.95. The average molecular weight is 320 g/mol. The zero-order valence-electron chi connectivity index (χ0n) is 11.0. The zero-order chi connectivity index (χ0) is 15.9. The van der Waals surface area contributed by atoms with Gasteiger partial charge >= 0.3 is 0 Å². The van der Waals surface area contributed by atoms with E-state index >= 15 is 0 Å². The van der Waals surface area contributed by atoms with Gasteiger partial charge in [-0.1, -0.05) is 0 Å². The highest BCUT2D eigenvalue weighted by Crippen LogP contribution is 2.30. The van der Waals surface area contributed by atoms with Crippen LogP contribution < -0.4 is 11.1 Å². The lowest BCUT2D eigenvalue weighted by Gasteiger charge is -2.06. The van der Waals surface area contributed by atoms with Gasteiger partial charge in [-0.05, 0) is 0 Å². The molecule has 2 rings (SSSR count). The third kappa shape index (κ3) is 2.53. The van der Waals surface area contributed by atoms with Crippen molar-refractivity contribution in [3.63, 3.8) is 0 Å². The van der Waals surface area contributed by atoms with Gasteiger partial charge in [-0.3, -0.25) is 0 Å². The Kier molecular flexibility index (Phi) is 3.58. The highest BCUT2D eigenvalue weighted by Gasteiger charge is 2.25. The summed E-state index contributed by atoms with van der Waals surface area (Å²) in [6.07, 6.45) is 0.896. The van der Waals surface area contributed by atoms with Crippen LogP contribution in [0.15, 0.2) is 17.0 Å². The molecule has 0 bridgehead atoms. The van der Waals surface area contributed by atoms with E-state index in [1.165, 1.54) is 7.05 Å². The Morgan fingerprint density at radius 2 is 1.76 bits per heavy atom. The third-order valence-corrected chi connectivity index (χ3v) is 3.85. The molecule has 1 aromatic heterocycles. The van der Waals surface area contributed by atoms with Gasteiger partial charge in [-0.25, -0.2) is 26.3 Å². The van der Waals surface area contributed by atoms with Crippen molar-refractivity contribution in [1.82, 2.24) is 9.78 Å². The van der Waals surface area contributed by atoms with E-state index in [1.807, 2.05) is 0 Å². The fourth-order valence-electron chi connectivity index (χ4n) is 1.80. The summed E-state index contributed by atoms with van der Waals surface area (Å²) in [4.78, 5) is -0.353. The second-order valence-corrected chi connectivity index (χ2v) is 6.17. The lowest BCUT2D eigenvalue weighted by molar-refractivity contribution is 0.491. The van der Waals surface area contributed by atoms with Crippen molar-refractivity contribution in [3.05, 3.63) is 29.6 Å². The Bertz CT molecular complexity index is 817. The third-order valence-electron chi connectivity index (χ3n) is 2.70. The van der Waals surface area contributed by atoms with E-state index in [1.54, 1.807) is 0 Å². The molecule has 0 atom stereocenters. The van der Waals surface area contributed by atoms with Crippen LogP contribution in [0, 0.1) is 17.5 Å². The molecule has 1 aromatic carbocycles. The lowest BCUT2D eigenvalue weighted by Crippen LogP contribution is -2.08. The van der Waals surface area contributed by atoms with Crippen LogP contribution in [0.1, 0.15) is 0 Å². The molecule has 1 heterocycles. The summed E-state index contributed by atoms with van der Waals surface area (Å²) in [5.74, 6) is -4.36. The molecule has 10 heteroatoms. The van der Waals surface area contributed by atoms with E-state index < -0.39 is 38.8 Å². The maximum atomic E-state index is 13.7. The van der Waals surface area contributed by atoms with E-state index in [2.05, 4.69) is 10.4 Å². The largest absolute Gasteiger partial charge is 0.382 e. The normalized spacial score (nSPS) is 11.7. The monoisotopic (exact) mass is 320 g/mol. The van der Waals surface area contributed by atoms with Crippen molar-refractivity contribution in [2.24, 2.45) is 0 Å². The summed E-state index contributed by atoms with van der Waals surface area (Å²) in [7, 11) is -2.36. The molecule has 0 fully saturated rings. The molecular weight excluding hydrogens is 309 g/mol. The van der Waals surface area contributed by atoms with Crippen LogP contribution in [0.5, 0.6) is 0 Å². The number of aromatic nitrogens is 2. The molecule has 0 aliphatic rings. The van der Waals surface area contributed by atoms with Gasteiger partial charge in [0, 0.05) is 25.4 Å². The number of nitrogen functional groups attached to an aromatic ring is 1. The Hall–Kier alpha value is -2.23. The molecule has 0 saturated heterocycles. The summed E-state index contributed by atoms with van der Waals surface area (Å²) in [6.45, 7) is 0. The van der Waals surface area contributed by atoms with E-state index in [0.717, 1.165) is 6.26 Å². The van der Waals surface area contributed by atoms with Crippen molar-refractivity contribution in [1.29, 1.82) is 0 Å². The van der Waals surface area contributed by atoms with E-state index in [9.17, 15) is 21.6 Å². The lowest BCUT2D eigenvalue weighted by atomic mass is 10.3. The van der Waals surface area contributed by atoms with E-state index in [0.29, 0.717) is 16.8 Å². The van der Waals surface area contributed by atoms with E-state index in [-0.39, 0.29) is 10.7 Å². The van der Waals surface area contributed by atoms with Gasteiger partial charge < -0.3 is 11.1 Å². The molecule has 21 heavy (non-hydrogen) atoms. The van der Waals surface area contributed by atoms with Crippen LogP contribution in [0.25, 0.3) is 5.69 Å². The van der Waals surface area contributed by atoms with Crippen LogP contribution in [0.2, 0.25) is 0 Å². The summed E-state index contributed by atoms with van der Waals surface area (Å²) >= 11 is 0. The van der Waals surface area contributed by atoms with Gasteiger partial charge in [0.25, 0.3) is 0 Å². The van der Waals surface area contributed by atoms with Crippen molar-refractivity contribution in [2.45, 2.75) is 4.90 Å². The van der Waals surface area contributed by atoms with Gasteiger partial charge in [0.1, 0.15) is 11.5 Å². The Morgan fingerprint density at radius 3 is 2.24 bits per heavy atom. The minimum atomic E-state index is -3.76. The number of halogens is 3. The smallest absolute Gasteiger partial charge is 0.182 e. The Morgan fingerprint density at radius 1 is 1.19 bits per heavy atom. The van der Waals surface area contributed by atoms with Gasteiger partial charge in [-0.2, -0.15) is 0 Å². The summed E-state index contributed by atoms with van der Waals surface area (Å²) in [6, 6.07) is 0.866. The first-order chi connectivity index (χ1) is 9.66. The Balaban J connectivity index is 2.78. The number of benzene rings is 1. The molecule has 0 radical (unpaired) electrons. The molecule has 0 unspecified atom stereocenters. The summed E-state index contributed by atoms with van der Waals surface area (Å²) < 4.78 is 64.0. The molecule has 0 amide bonds. The zero-order valence-corrected chi connectivity index (χ0v) is 11.8. The topological polar surface area (TPSA) is 90.0 Å². The average Bonchev–Trinajstić information content (AvgIpc) is 2.70. The standard InChI is InChI=1S/C11H11F3N4O2S/c1-16-11-9(21(2,19)20)10(15)18(17-11)8-4-6(13)5(12)3-7(8)14/h3-4H,15H2,1-2H3,(H,16,17). The number of nitrogens with one attached hydrogen (secondary N) is 1. The van der Waals surface area contributed by atoms with Crippen LogP contribution >= 0.6 is 0 Å². The first kappa shape index (κ1) is 15.2. The molecule has 0 aliphatic heterocycles. The van der Waals surface area contributed by atoms with Crippen LogP contribution in [0.3, 0.4) is 0 Å². The van der Waals surface area contributed by atoms with Gasteiger partial charge in [0.2, 0.25) is 0 Å². The fraction of sp³-hybridized carbons (Fsp3) is 0.182. The van der Waals surface area contributed by atoms with Gasteiger partial charge in [0.15, 0.2) is 38.0 Å². The van der Waals surface area contributed by atoms with E-state index in [4.69, 9.17) is 5.73 Å². The van der Waals surface area contributed by atoms with Crippen molar-refractivity contribution in [3.8, 4) is 5.69 Å². The minimum absolute atomic E-state index is 0.126. The number of hydrogen-bond donors (Lipinski definition) is 2. The Labute approximate surface area is 118 Å². The molecular formula is C11H11F3N4O2S. The predicted octanol–water partition coefficient (Wildman–Crippen LogP) is 1.32. The molecule has 0 aliphatic carbocycles.